The molecule has 2 aromatic heterocycles. The Bertz CT molecular complexity index is 983. The average Bonchev–Trinajstić information content (AvgIpc) is 3.22. The highest BCUT2D eigenvalue weighted by Crippen LogP contribution is 2.22. The number of aromatic nitrogens is 4. The van der Waals surface area contributed by atoms with Gasteiger partial charge in [-0.3, -0.25) is 14.2 Å². The number of aryl methyl sites for hydroxylation is 1. The molecule has 0 radical (unpaired) electrons. The van der Waals surface area contributed by atoms with Gasteiger partial charge >= 0.3 is 5.97 Å². The Morgan fingerprint density at radius 3 is 2.67 bits per heavy atom. The maximum atomic E-state index is 12.1. The van der Waals surface area contributed by atoms with E-state index in [9.17, 15) is 9.59 Å². The Balaban J connectivity index is 1.61. The van der Waals surface area contributed by atoms with E-state index in [2.05, 4.69) is 15.5 Å². The summed E-state index contributed by atoms with van der Waals surface area (Å²) in [5.41, 5.74) is 0.890. The molecule has 0 aliphatic heterocycles. The number of carbonyl (C=O) groups excluding carboxylic acids is 1. The van der Waals surface area contributed by atoms with E-state index in [-0.39, 0.29) is 30.4 Å². The third kappa shape index (κ3) is 4.66. The van der Waals surface area contributed by atoms with Crippen LogP contribution >= 0.6 is 23.2 Å². The number of hydrogen-bond acceptors (Lipinski definition) is 4. The van der Waals surface area contributed by atoms with Crippen molar-refractivity contribution in [1.82, 2.24) is 19.6 Å². The zero-order valence-corrected chi connectivity index (χ0v) is 15.5. The van der Waals surface area contributed by atoms with Crippen LogP contribution in [0.4, 0.5) is 5.82 Å². The number of rotatable bonds is 7. The zero-order valence-electron chi connectivity index (χ0n) is 14.0. The van der Waals surface area contributed by atoms with Gasteiger partial charge in [0, 0.05) is 23.8 Å². The molecule has 0 spiro atoms. The molecule has 0 fully saturated rings. The fourth-order valence-corrected chi connectivity index (χ4v) is 2.85. The summed E-state index contributed by atoms with van der Waals surface area (Å²) < 4.78 is 2.83. The van der Waals surface area contributed by atoms with Gasteiger partial charge in [-0.25, -0.2) is 4.79 Å². The Morgan fingerprint density at radius 1 is 1.15 bits per heavy atom. The summed E-state index contributed by atoms with van der Waals surface area (Å²) in [6.45, 7) is 0.531. The Morgan fingerprint density at radius 2 is 1.93 bits per heavy atom. The van der Waals surface area contributed by atoms with Gasteiger partial charge in [0.15, 0.2) is 5.82 Å². The van der Waals surface area contributed by atoms with Crippen LogP contribution < -0.4 is 5.32 Å². The monoisotopic (exact) mass is 407 g/mol. The molecule has 0 bridgehead atoms. The second kappa shape index (κ2) is 8.24. The van der Waals surface area contributed by atoms with Crippen molar-refractivity contribution in [2.75, 3.05) is 5.32 Å². The molecule has 3 rings (SSSR count). The van der Waals surface area contributed by atoms with Gasteiger partial charge < -0.3 is 10.4 Å². The predicted octanol–water partition coefficient (Wildman–Crippen LogP) is 3.16. The zero-order chi connectivity index (χ0) is 19.4. The molecule has 1 amide bonds. The predicted molar refractivity (Wildman–Crippen MR) is 100 cm³/mol. The molecule has 140 valence electrons. The van der Waals surface area contributed by atoms with Crippen molar-refractivity contribution in [2.45, 2.75) is 19.5 Å². The van der Waals surface area contributed by atoms with Gasteiger partial charge in [-0.15, -0.1) is 0 Å². The SMILES string of the molecule is O=C(CCn1nccc1C(=O)O)Nc1nn(Cc2ccccc2Cl)cc1Cl. The molecule has 2 heterocycles. The van der Waals surface area contributed by atoms with Crippen LogP contribution in [0.1, 0.15) is 22.5 Å². The second-order valence-electron chi connectivity index (χ2n) is 5.66. The molecule has 0 atom stereocenters. The van der Waals surface area contributed by atoms with E-state index in [4.69, 9.17) is 28.3 Å². The smallest absolute Gasteiger partial charge is 0.354 e. The van der Waals surface area contributed by atoms with Crippen molar-refractivity contribution in [3.05, 3.63) is 64.0 Å². The molecule has 8 nitrogen and oxygen atoms in total. The standard InChI is InChI=1S/C17H15Cl2N5O3/c18-12-4-2-1-3-11(12)9-23-10-13(19)16(22-23)21-15(25)6-8-24-14(17(26)27)5-7-20-24/h1-5,7,10H,6,8-9H2,(H,26,27)(H,21,22,25). The van der Waals surface area contributed by atoms with Gasteiger partial charge in [0.25, 0.3) is 0 Å². The number of carbonyl (C=O) groups is 2. The average molecular weight is 408 g/mol. The van der Waals surface area contributed by atoms with Gasteiger partial charge in [0.2, 0.25) is 5.91 Å². The highest BCUT2D eigenvalue weighted by atomic mass is 35.5. The Kier molecular flexibility index (Phi) is 5.78. The number of nitrogens with one attached hydrogen (secondary N) is 1. The first-order valence-electron chi connectivity index (χ1n) is 7.95. The maximum absolute atomic E-state index is 12.1. The molecule has 27 heavy (non-hydrogen) atoms. The number of halogens is 2. The van der Waals surface area contributed by atoms with Gasteiger partial charge in [-0.05, 0) is 17.7 Å². The lowest BCUT2D eigenvalue weighted by molar-refractivity contribution is -0.116. The van der Waals surface area contributed by atoms with Gasteiger partial charge in [0.1, 0.15) is 10.7 Å². The maximum Gasteiger partial charge on any atom is 0.354 e. The fourth-order valence-electron chi connectivity index (χ4n) is 2.46. The largest absolute Gasteiger partial charge is 0.477 e. The Labute approximate surface area is 164 Å². The van der Waals surface area contributed by atoms with Crippen LogP contribution in [0.25, 0.3) is 0 Å². The summed E-state index contributed by atoms with van der Waals surface area (Å²) in [4.78, 5) is 23.2. The van der Waals surface area contributed by atoms with Crippen molar-refractivity contribution >= 4 is 40.9 Å². The minimum absolute atomic E-state index is 0.0184. The first-order valence-corrected chi connectivity index (χ1v) is 8.71. The molecule has 0 unspecified atom stereocenters. The highest BCUT2D eigenvalue weighted by Gasteiger charge is 2.14. The molecule has 1 aromatic carbocycles. The number of hydrogen-bond donors (Lipinski definition) is 2. The normalized spacial score (nSPS) is 10.7. The fraction of sp³-hybridized carbons (Fsp3) is 0.176. The minimum Gasteiger partial charge on any atom is -0.477 e. The van der Waals surface area contributed by atoms with Crippen molar-refractivity contribution in [3.8, 4) is 0 Å². The van der Waals surface area contributed by atoms with Crippen molar-refractivity contribution < 1.29 is 14.7 Å². The van der Waals surface area contributed by atoms with Crippen LogP contribution in [0.5, 0.6) is 0 Å². The third-order valence-corrected chi connectivity index (χ3v) is 4.40. The molecule has 0 aliphatic carbocycles. The molecule has 0 aliphatic rings. The Hall–Kier alpha value is -2.84. The first-order chi connectivity index (χ1) is 12.9. The van der Waals surface area contributed by atoms with Crippen molar-refractivity contribution in [1.29, 1.82) is 0 Å². The van der Waals surface area contributed by atoms with E-state index in [0.29, 0.717) is 16.6 Å². The van der Waals surface area contributed by atoms with Crippen molar-refractivity contribution in [2.24, 2.45) is 0 Å². The van der Waals surface area contributed by atoms with Crippen LogP contribution in [0.2, 0.25) is 10.0 Å². The quantitative estimate of drug-likeness (QED) is 0.625. The number of nitrogens with zero attached hydrogens (tertiary/aromatic N) is 4. The molecule has 0 saturated carbocycles. The van der Waals surface area contributed by atoms with Crippen LogP contribution in [0.15, 0.2) is 42.7 Å². The van der Waals surface area contributed by atoms with E-state index in [0.717, 1.165) is 5.56 Å². The first kappa shape index (κ1) is 18.9. The van der Waals surface area contributed by atoms with Crippen LogP contribution in [0.3, 0.4) is 0 Å². The van der Waals surface area contributed by atoms with Crippen LogP contribution in [-0.2, 0) is 17.9 Å². The molecule has 3 aromatic rings. The van der Waals surface area contributed by atoms with E-state index in [1.807, 2.05) is 18.2 Å². The third-order valence-electron chi connectivity index (χ3n) is 3.75. The van der Waals surface area contributed by atoms with Crippen LogP contribution in [-0.4, -0.2) is 36.5 Å². The minimum atomic E-state index is -1.10. The number of carboxylic acid groups (broad SMARTS) is 1. The number of anilines is 1. The molecule has 0 saturated heterocycles. The second-order valence-corrected chi connectivity index (χ2v) is 6.47. The molecule has 10 heteroatoms. The summed E-state index contributed by atoms with van der Waals surface area (Å²) in [6, 6.07) is 8.73. The molecular formula is C17H15Cl2N5O3. The summed E-state index contributed by atoms with van der Waals surface area (Å²) in [5.74, 6) is -1.23. The lowest BCUT2D eigenvalue weighted by Gasteiger charge is -2.06. The summed E-state index contributed by atoms with van der Waals surface area (Å²) in [5, 5.41) is 20.7. The van der Waals surface area contributed by atoms with Gasteiger partial charge in [-0.2, -0.15) is 10.2 Å². The van der Waals surface area contributed by atoms with Gasteiger partial charge in [-0.1, -0.05) is 41.4 Å². The van der Waals surface area contributed by atoms with E-state index in [1.165, 1.54) is 16.9 Å². The molecule has 2 N–H and O–H groups in total. The van der Waals surface area contributed by atoms with E-state index in [1.54, 1.807) is 16.9 Å². The van der Waals surface area contributed by atoms with E-state index >= 15 is 0 Å². The number of carboxylic acids is 1. The highest BCUT2D eigenvalue weighted by molar-refractivity contribution is 6.33. The number of amides is 1. The number of benzene rings is 1. The lowest BCUT2D eigenvalue weighted by atomic mass is 10.2. The topological polar surface area (TPSA) is 102 Å². The van der Waals surface area contributed by atoms with E-state index < -0.39 is 5.97 Å². The summed E-state index contributed by atoms with van der Waals surface area (Å²) in [7, 11) is 0. The number of aromatic carboxylic acids is 1. The summed E-state index contributed by atoms with van der Waals surface area (Å²) in [6.07, 6.45) is 2.99. The summed E-state index contributed by atoms with van der Waals surface area (Å²) >= 11 is 12.3. The van der Waals surface area contributed by atoms with Gasteiger partial charge in [0.05, 0.1) is 13.1 Å². The van der Waals surface area contributed by atoms with Crippen molar-refractivity contribution in [3.63, 3.8) is 0 Å². The lowest BCUT2D eigenvalue weighted by Crippen LogP contribution is -2.18. The molecular weight excluding hydrogens is 393 g/mol. The van der Waals surface area contributed by atoms with Crippen LogP contribution in [0, 0.1) is 0 Å².